The van der Waals surface area contributed by atoms with Gasteiger partial charge in [0.2, 0.25) is 33.9 Å². The molecular formula is C28H43N11O10S3. The van der Waals surface area contributed by atoms with Crippen molar-refractivity contribution >= 4 is 80.0 Å². The number of aromatic amines is 2. The Morgan fingerprint density at radius 3 is 1.56 bits per heavy atom. The molecular weight excluding hydrogens is 747 g/mol. The summed E-state index contributed by atoms with van der Waals surface area (Å²) in [4.78, 5) is 107. The molecule has 288 valence electrons. The number of aromatic nitrogens is 4. The van der Waals surface area contributed by atoms with Gasteiger partial charge >= 0.3 is 11.9 Å². The number of imidazole rings is 2. The summed E-state index contributed by atoms with van der Waals surface area (Å²) in [6, 6.07) is -3.93. The molecule has 0 spiro atoms. The van der Waals surface area contributed by atoms with Crippen LogP contribution in [0.5, 0.6) is 0 Å². The van der Waals surface area contributed by atoms with Crippen molar-refractivity contribution < 1.29 is 48.6 Å². The number of thiol groups is 1. The van der Waals surface area contributed by atoms with Crippen LogP contribution in [-0.4, -0.2) is 126 Å². The zero-order valence-corrected chi connectivity index (χ0v) is 30.3. The van der Waals surface area contributed by atoms with Crippen molar-refractivity contribution in [1.29, 1.82) is 0 Å². The molecule has 2 heterocycles. The number of nitrogens with one attached hydrogen (secondary N) is 6. The van der Waals surface area contributed by atoms with Gasteiger partial charge in [0.15, 0.2) is 0 Å². The maximum Gasteiger partial charge on any atom is 0.322 e. The quantitative estimate of drug-likeness (QED) is 0.0438. The van der Waals surface area contributed by atoms with Gasteiger partial charge in [-0.1, -0.05) is 0 Å². The third-order valence-corrected chi connectivity index (χ3v) is 8.95. The largest absolute Gasteiger partial charge is 0.480 e. The molecule has 0 aliphatic carbocycles. The number of nitrogens with zero attached hydrogens (tertiary/aromatic N) is 2. The van der Waals surface area contributed by atoms with Crippen molar-refractivity contribution in [2.24, 2.45) is 17.2 Å². The molecule has 2 aromatic rings. The fraction of sp³-hybridized carbons (Fsp3) is 0.500. The number of nitrogens with two attached hydrogens (primary N) is 3. The van der Waals surface area contributed by atoms with Crippen LogP contribution >= 0.6 is 34.2 Å². The average molecular weight is 790 g/mol. The number of H-pyrrole nitrogens is 2. The van der Waals surface area contributed by atoms with Gasteiger partial charge in [0.05, 0.1) is 24.0 Å². The van der Waals surface area contributed by atoms with Gasteiger partial charge in [0, 0.05) is 63.3 Å². The highest BCUT2D eigenvalue weighted by molar-refractivity contribution is 8.87. The SMILES string of the molecule is NCCC(=O)NC(Cc1c[nH]cn1)C(=O)SSC(=O)C(Cc1c[nH]cn1)NC(=O)CCN.N[C@@H](CCC(=O)N[C@@H](CS)C(=O)NCC(=O)O)C(=O)O. The number of carbonyl (C=O) groups is 8. The fourth-order valence-corrected chi connectivity index (χ4v) is 5.89. The first-order valence-electron chi connectivity index (χ1n) is 15.4. The van der Waals surface area contributed by atoms with E-state index in [1.165, 1.54) is 12.7 Å². The van der Waals surface area contributed by atoms with Crippen LogP contribution in [0.2, 0.25) is 0 Å². The first-order valence-corrected chi connectivity index (χ1v) is 18.2. The van der Waals surface area contributed by atoms with Gasteiger partial charge in [-0.2, -0.15) is 12.6 Å². The first kappa shape index (κ1) is 45.5. The van der Waals surface area contributed by atoms with Crippen LogP contribution in [0, 0.1) is 0 Å². The molecule has 0 saturated carbocycles. The van der Waals surface area contributed by atoms with E-state index in [-0.39, 0.29) is 69.2 Å². The minimum atomic E-state index is -1.22. The Kier molecular flexibility index (Phi) is 22.3. The smallest absolute Gasteiger partial charge is 0.322 e. The number of hydrogen-bond donors (Lipinski definition) is 12. The van der Waals surface area contributed by atoms with Gasteiger partial charge in [-0.3, -0.25) is 38.4 Å². The highest BCUT2D eigenvalue weighted by Crippen LogP contribution is 2.27. The number of hydrogen-bond acceptors (Lipinski definition) is 16. The number of carbonyl (C=O) groups excluding carboxylic acids is 6. The van der Waals surface area contributed by atoms with Gasteiger partial charge < -0.3 is 58.6 Å². The Balaban J connectivity index is 0.000000583. The normalized spacial score (nSPS) is 12.8. The summed E-state index contributed by atoms with van der Waals surface area (Å²) in [5.41, 5.74) is 17.2. The van der Waals surface area contributed by atoms with E-state index in [1.54, 1.807) is 12.4 Å². The summed E-state index contributed by atoms with van der Waals surface area (Å²) in [5, 5.41) is 25.8. The van der Waals surface area contributed by atoms with Crippen LogP contribution in [0.3, 0.4) is 0 Å². The van der Waals surface area contributed by atoms with Crippen LogP contribution in [0.15, 0.2) is 25.0 Å². The van der Waals surface area contributed by atoms with E-state index in [4.69, 9.17) is 27.4 Å². The highest BCUT2D eigenvalue weighted by atomic mass is 33.1. The molecule has 0 bridgehead atoms. The van der Waals surface area contributed by atoms with E-state index in [0.29, 0.717) is 33.0 Å². The number of carboxylic acids is 2. The summed E-state index contributed by atoms with van der Waals surface area (Å²) in [5.74, 6) is -4.45. The lowest BCUT2D eigenvalue weighted by molar-refractivity contribution is -0.139. The molecule has 0 radical (unpaired) electrons. The maximum absolute atomic E-state index is 12.8. The summed E-state index contributed by atoms with van der Waals surface area (Å²) in [7, 11) is 1.39. The Morgan fingerprint density at radius 1 is 0.750 bits per heavy atom. The number of carboxylic acid groups (broad SMARTS) is 2. The molecule has 52 heavy (non-hydrogen) atoms. The Bertz CT molecular complexity index is 1390. The molecule has 2 unspecified atom stereocenters. The van der Waals surface area contributed by atoms with Gasteiger partial charge in [0.1, 0.15) is 30.7 Å². The second-order valence-electron chi connectivity index (χ2n) is 10.5. The molecule has 24 heteroatoms. The Morgan fingerprint density at radius 2 is 1.19 bits per heavy atom. The van der Waals surface area contributed by atoms with E-state index in [9.17, 15) is 38.4 Å². The predicted molar refractivity (Wildman–Crippen MR) is 192 cm³/mol. The van der Waals surface area contributed by atoms with E-state index in [1.807, 2.05) is 0 Å². The molecule has 2 rings (SSSR count). The van der Waals surface area contributed by atoms with E-state index in [0.717, 1.165) is 0 Å². The molecule has 0 aliphatic rings. The highest BCUT2D eigenvalue weighted by Gasteiger charge is 2.28. The number of amides is 4. The van der Waals surface area contributed by atoms with Gasteiger partial charge in [-0.15, -0.1) is 0 Å². The van der Waals surface area contributed by atoms with Crippen molar-refractivity contribution in [2.75, 3.05) is 25.4 Å². The molecule has 2 aromatic heterocycles. The zero-order chi connectivity index (χ0) is 39.1. The van der Waals surface area contributed by atoms with E-state index < -0.39 is 64.7 Å². The fourth-order valence-electron chi connectivity index (χ4n) is 3.76. The molecule has 4 amide bonds. The van der Waals surface area contributed by atoms with Crippen molar-refractivity contribution in [3.05, 3.63) is 36.4 Å². The van der Waals surface area contributed by atoms with Crippen molar-refractivity contribution in [3.8, 4) is 0 Å². The molecule has 0 fully saturated rings. The molecule has 0 saturated heterocycles. The number of aliphatic carboxylic acids is 2. The lowest BCUT2D eigenvalue weighted by Gasteiger charge is -2.18. The third kappa shape index (κ3) is 19.2. The Hall–Kier alpha value is -4.49. The van der Waals surface area contributed by atoms with Crippen molar-refractivity contribution in [2.45, 2.75) is 62.7 Å². The average Bonchev–Trinajstić information content (AvgIpc) is 3.82. The third-order valence-electron chi connectivity index (χ3n) is 6.37. The lowest BCUT2D eigenvalue weighted by Crippen LogP contribution is -2.49. The standard InChI is InChI=1S/C18H26N8O4S2.C10H17N3O6S/c19-3-1-15(27)25-13(5-11-7-21-9-23-11)17(29)31-32-18(30)14(26-16(28)2-4-20)6-12-8-22-10-24-12;11-5(10(18)19)1-2-7(14)13-6(4-20)9(17)12-3-8(15)16/h7-10,13-14H,1-6,19-20H2,(H,21,23)(H,22,24)(H,25,27)(H,26,28);5-6,20H,1-4,11H2,(H,12,17)(H,13,14)(H,15,16)(H,18,19)/t;5-,6-/m.0/s1. The summed E-state index contributed by atoms with van der Waals surface area (Å²) in [6.07, 6.45) is 6.38. The van der Waals surface area contributed by atoms with E-state index >= 15 is 0 Å². The lowest BCUT2D eigenvalue weighted by atomic mass is 10.1. The molecule has 4 atom stereocenters. The Labute approximate surface area is 310 Å². The summed E-state index contributed by atoms with van der Waals surface area (Å²) >= 11 is 3.87. The van der Waals surface area contributed by atoms with Crippen LogP contribution in [0.1, 0.15) is 37.1 Å². The topological polar surface area (TPSA) is 361 Å². The van der Waals surface area contributed by atoms with Crippen molar-refractivity contribution in [1.82, 2.24) is 41.2 Å². The second kappa shape index (κ2) is 25.5. The van der Waals surface area contributed by atoms with Crippen LogP contribution in [-0.2, 0) is 51.2 Å². The molecule has 0 aliphatic heterocycles. The summed E-state index contributed by atoms with van der Waals surface area (Å²) < 4.78 is 0. The monoisotopic (exact) mass is 789 g/mol. The number of rotatable bonds is 21. The van der Waals surface area contributed by atoms with Crippen molar-refractivity contribution in [3.63, 3.8) is 0 Å². The molecule has 21 nitrogen and oxygen atoms in total. The maximum atomic E-state index is 12.8. The van der Waals surface area contributed by atoms with Crippen LogP contribution in [0.4, 0.5) is 0 Å². The summed E-state index contributed by atoms with van der Waals surface area (Å²) in [6.45, 7) is -0.275. The van der Waals surface area contributed by atoms with Crippen LogP contribution in [0.25, 0.3) is 0 Å². The first-order chi connectivity index (χ1) is 24.7. The minimum absolute atomic E-state index is 0.0256. The minimum Gasteiger partial charge on any atom is -0.480 e. The van der Waals surface area contributed by atoms with Gasteiger partial charge in [-0.25, -0.2) is 9.97 Å². The second-order valence-corrected chi connectivity index (χ2v) is 13.1. The molecule has 14 N–H and O–H groups in total. The van der Waals surface area contributed by atoms with Gasteiger partial charge in [0.25, 0.3) is 0 Å². The molecule has 0 aromatic carbocycles. The predicted octanol–water partition coefficient (Wildman–Crippen LogP) is -3.19. The van der Waals surface area contributed by atoms with Gasteiger partial charge in [-0.05, 0) is 28.0 Å². The van der Waals surface area contributed by atoms with E-state index in [2.05, 4.69) is 53.8 Å². The van der Waals surface area contributed by atoms with Crippen LogP contribution < -0.4 is 38.5 Å². The zero-order valence-electron chi connectivity index (χ0n) is 27.7.